The van der Waals surface area contributed by atoms with Gasteiger partial charge in [0.2, 0.25) is 0 Å². The van der Waals surface area contributed by atoms with Gasteiger partial charge >= 0.3 is 0 Å². The molecule has 4 rings (SSSR count). The molecular weight excluding hydrogens is 472 g/mol. The SMILES string of the molecule is C#Cc1cccc(-c2ccc(C3(CNc4cc(C)cc(C)c4)CCN(C(C)CCCC)CC3)cc2)c1.C=CC. The smallest absolute Gasteiger partial charge is 0.0345 e. The number of benzene rings is 3. The number of piperidine rings is 1. The summed E-state index contributed by atoms with van der Waals surface area (Å²) < 4.78 is 0. The van der Waals surface area contributed by atoms with E-state index in [1.165, 1.54) is 65.6 Å². The monoisotopic (exact) mass is 520 g/mol. The summed E-state index contributed by atoms with van der Waals surface area (Å²) >= 11 is 0. The van der Waals surface area contributed by atoms with Crippen LogP contribution in [0.5, 0.6) is 0 Å². The van der Waals surface area contributed by atoms with Crippen molar-refractivity contribution in [2.45, 2.75) is 78.2 Å². The van der Waals surface area contributed by atoms with Crippen LogP contribution in [0, 0.1) is 26.2 Å². The van der Waals surface area contributed by atoms with Gasteiger partial charge < -0.3 is 10.2 Å². The van der Waals surface area contributed by atoms with Gasteiger partial charge in [0.1, 0.15) is 0 Å². The van der Waals surface area contributed by atoms with Gasteiger partial charge in [0.05, 0.1) is 0 Å². The molecular formula is C37H48N2. The van der Waals surface area contributed by atoms with Crippen LogP contribution in [0.25, 0.3) is 11.1 Å². The quantitative estimate of drug-likeness (QED) is 0.223. The molecule has 2 nitrogen and oxygen atoms in total. The fourth-order valence-corrected chi connectivity index (χ4v) is 5.80. The van der Waals surface area contributed by atoms with Crippen molar-refractivity contribution < 1.29 is 0 Å². The van der Waals surface area contributed by atoms with Gasteiger partial charge in [0.15, 0.2) is 0 Å². The number of unbranched alkanes of at least 4 members (excludes halogenated alkanes) is 1. The number of hydrogen-bond acceptors (Lipinski definition) is 2. The Morgan fingerprint density at radius 1 is 1.00 bits per heavy atom. The Balaban J connectivity index is 0.00000134. The molecule has 0 radical (unpaired) electrons. The first kappa shape index (κ1) is 30.3. The zero-order valence-electron chi connectivity index (χ0n) is 24.9. The van der Waals surface area contributed by atoms with Crippen LogP contribution < -0.4 is 5.32 Å². The topological polar surface area (TPSA) is 15.3 Å². The third-order valence-electron chi connectivity index (χ3n) is 8.07. The van der Waals surface area contributed by atoms with E-state index in [0.717, 1.165) is 25.2 Å². The second-order valence-electron chi connectivity index (χ2n) is 11.2. The molecule has 0 saturated carbocycles. The van der Waals surface area contributed by atoms with Gasteiger partial charge in [-0.15, -0.1) is 13.0 Å². The molecule has 0 bridgehead atoms. The number of terminal acetylenes is 1. The maximum Gasteiger partial charge on any atom is 0.0345 e. The zero-order chi connectivity index (χ0) is 28.3. The first-order valence-electron chi connectivity index (χ1n) is 14.6. The predicted molar refractivity (Wildman–Crippen MR) is 172 cm³/mol. The van der Waals surface area contributed by atoms with E-state index in [4.69, 9.17) is 6.42 Å². The van der Waals surface area contributed by atoms with Crippen LogP contribution in [-0.2, 0) is 5.41 Å². The van der Waals surface area contributed by atoms with Crippen LogP contribution in [0.2, 0.25) is 0 Å². The van der Waals surface area contributed by atoms with Crippen LogP contribution in [0.3, 0.4) is 0 Å². The predicted octanol–water partition coefficient (Wildman–Crippen LogP) is 9.17. The minimum Gasteiger partial charge on any atom is -0.384 e. The molecule has 0 aromatic heterocycles. The molecule has 1 fully saturated rings. The van der Waals surface area contributed by atoms with Crippen LogP contribution >= 0.6 is 0 Å². The zero-order valence-corrected chi connectivity index (χ0v) is 24.9. The Morgan fingerprint density at radius 3 is 2.23 bits per heavy atom. The van der Waals surface area contributed by atoms with Crippen LogP contribution in [0.1, 0.15) is 75.1 Å². The van der Waals surface area contributed by atoms with E-state index in [-0.39, 0.29) is 5.41 Å². The Morgan fingerprint density at radius 2 is 1.64 bits per heavy atom. The van der Waals surface area contributed by atoms with Gasteiger partial charge in [-0.2, -0.15) is 0 Å². The molecule has 1 heterocycles. The standard InChI is InChI=1S/C34H42N2.C3H6/c1-6-8-10-28(5)36-19-17-34(18-20-36,25-35-33-22-26(3)21-27(4)23-33)32-15-13-30(14-16-32)31-12-9-11-29(7-2)24-31;1-3-2/h2,9,11-16,21-24,28,35H,6,8,10,17-20,25H2,1,3-5H3;3H,1H2,2H3. The molecule has 1 unspecified atom stereocenters. The van der Waals surface area contributed by atoms with Gasteiger partial charge in [-0.05, 0) is 112 Å². The number of hydrogen-bond donors (Lipinski definition) is 1. The van der Waals surface area contributed by atoms with Crippen LogP contribution in [-0.4, -0.2) is 30.6 Å². The molecule has 0 spiro atoms. The van der Waals surface area contributed by atoms with E-state index in [1.807, 2.05) is 19.1 Å². The summed E-state index contributed by atoms with van der Waals surface area (Å²) in [5.74, 6) is 2.76. The van der Waals surface area contributed by atoms with Crippen molar-refractivity contribution >= 4 is 5.69 Å². The summed E-state index contributed by atoms with van der Waals surface area (Å²) in [5.41, 5.74) is 8.74. The number of nitrogens with zero attached hydrogens (tertiary/aromatic N) is 1. The third kappa shape index (κ3) is 8.35. The largest absolute Gasteiger partial charge is 0.384 e. The normalized spacial score (nSPS) is 15.4. The second kappa shape index (κ2) is 14.8. The van der Waals surface area contributed by atoms with Crippen molar-refractivity contribution in [3.63, 3.8) is 0 Å². The number of anilines is 1. The van der Waals surface area contributed by atoms with E-state index >= 15 is 0 Å². The fourth-order valence-electron chi connectivity index (χ4n) is 5.80. The molecule has 2 heteroatoms. The van der Waals surface area contributed by atoms with Crippen LogP contribution in [0.15, 0.2) is 79.4 Å². The lowest BCUT2D eigenvalue weighted by molar-refractivity contribution is 0.120. The van der Waals surface area contributed by atoms with Gasteiger partial charge in [-0.1, -0.05) is 74.2 Å². The summed E-state index contributed by atoms with van der Waals surface area (Å²) in [6, 6.07) is 25.0. The molecule has 39 heavy (non-hydrogen) atoms. The lowest BCUT2D eigenvalue weighted by Gasteiger charge is -2.44. The molecule has 1 N–H and O–H groups in total. The lowest BCUT2D eigenvalue weighted by Crippen LogP contribution is -2.49. The van der Waals surface area contributed by atoms with E-state index < -0.39 is 0 Å². The van der Waals surface area contributed by atoms with Crippen molar-refractivity contribution in [1.29, 1.82) is 0 Å². The Labute approximate surface area is 238 Å². The van der Waals surface area contributed by atoms with Gasteiger partial charge in [0.25, 0.3) is 0 Å². The van der Waals surface area contributed by atoms with E-state index in [0.29, 0.717) is 6.04 Å². The third-order valence-corrected chi connectivity index (χ3v) is 8.07. The second-order valence-corrected chi connectivity index (χ2v) is 11.2. The Bertz CT molecular complexity index is 1200. The minimum atomic E-state index is 0.123. The van der Waals surface area contributed by atoms with Crippen molar-refractivity contribution in [1.82, 2.24) is 4.90 Å². The molecule has 0 aliphatic carbocycles. The summed E-state index contributed by atoms with van der Waals surface area (Å²) in [7, 11) is 0. The number of aryl methyl sites for hydroxylation is 2. The number of nitrogens with one attached hydrogen (secondary N) is 1. The highest BCUT2D eigenvalue weighted by molar-refractivity contribution is 5.66. The highest BCUT2D eigenvalue weighted by atomic mass is 15.2. The minimum absolute atomic E-state index is 0.123. The lowest BCUT2D eigenvalue weighted by atomic mass is 9.72. The summed E-state index contributed by atoms with van der Waals surface area (Å²) in [6.07, 6.45) is 13.6. The average Bonchev–Trinajstić information content (AvgIpc) is 2.95. The highest BCUT2D eigenvalue weighted by Crippen LogP contribution is 2.38. The Hall–Kier alpha value is -3.28. The summed E-state index contributed by atoms with van der Waals surface area (Å²) in [4.78, 5) is 2.71. The fraction of sp³-hybridized carbons (Fsp3) is 0.405. The maximum atomic E-state index is 5.63. The van der Waals surface area contributed by atoms with Gasteiger partial charge in [-0.3, -0.25) is 0 Å². The van der Waals surface area contributed by atoms with Crippen molar-refractivity contribution in [3.05, 3.63) is 102 Å². The number of allylic oxidation sites excluding steroid dienone is 1. The average molecular weight is 521 g/mol. The molecule has 1 aliphatic rings. The molecule has 3 aromatic carbocycles. The van der Waals surface area contributed by atoms with Crippen LogP contribution in [0.4, 0.5) is 5.69 Å². The number of rotatable bonds is 9. The van der Waals surface area contributed by atoms with E-state index in [2.05, 4.69) is 105 Å². The maximum absolute atomic E-state index is 5.63. The van der Waals surface area contributed by atoms with E-state index in [1.54, 1.807) is 6.08 Å². The molecule has 1 saturated heterocycles. The first-order chi connectivity index (χ1) is 18.8. The van der Waals surface area contributed by atoms with Crippen molar-refractivity contribution in [2.24, 2.45) is 0 Å². The van der Waals surface area contributed by atoms with E-state index in [9.17, 15) is 0 Å². The van der Waals surface area contributed by atoms with Crippen molar-refractivity contribution in [3.8, 4) is 23.5 Å². The van der Waals surface area contributed by atoms with Crippen molar-refractivity contribution in [2.75, 3.05) is 25.0 Å². The van der Waals surface area contributed by atoms with Gasteiger partial charge in [-0.25, -0.2) is 0 Å². The molecule has 0 amide bonds. The summed E-state index contributed by atoms with van der Waals surface area (Å²) in [6.45, 7) is 17.6. The van der Waals surface area contributed by atoms with Gasteiger partial charge in [0, 0.05) is 29.3 Å². The highest BCUT2D eigenvalue weighted by Gasteiger charge is 2.37. The Kier molecular flexibility index (Phi) is 11.5. The molecule has 206 valence electrons. The first-order valence-corrected chi connectivity index (χ1v) is 14.6. The molecule has 1 atom stereocenters. The summed E-state index contributed by atoms with van der Waals surface area (Å²) in [5, 5.41) is 3.83. The molecule has 1 aliphatic heterocycles. The molecule has 3 aromatic rings. The number of likely N-dealkylation sites (tertiary alicyclic amines) is 1.